The van der Waals surface area contributed by atoms with Gasteiger partial charge in [-0.3, -0.25) is 4.68 Å². The van der Waals surface area contributed by atoms with Crippen LogP contribution in [0.25, 0.3) is 0 Å². The van der Waals surface area contributed by atoms with Gasteiger partial charge in [-0.1, -0.05) is 12.1 Å². The molecule has 0 amide bonds. The minimum atomic E-state index is 0.238. The number of hydrogen-bond acceptors (Lipinski definition) is 4. The maximum absolute atomic E-state index is 5.52. The van der Waals surface area contributed by atoms with Crippen LogP contribution in [-0.2, 0) is 13.6 Å². The molecule has 2 aromatic rings. The molecular formula is C15H19N3O2. The van der Waals surface area contributed by atoms with Crippen LogP contribution in [0.1, 0.15) is 29.8 Å². The van der Waals surface area contributed by atoms with E-state index in [0.717, 1.165) is 29.3 Å². The number of aromatic nitrogens is 2. The number of nitrogens with zero attached hydrogens (tertiary/aromatic N) is 2. The van der Waals surface area contributed by atoms with E-state index in [1.54, 1.807) is 0 Å². The van der Waals surface area contributed by atoms with Crippen molar-refractivity contribution in [2.24, 2.45) is 7.05 Å². The predicted molar refractivity (Wildman–Crippen MR) is 75.8 cm³/mol. The fraction of sp³-hybridized carbons (Fsp3) is 0.400. The van der Waals surface area contributed by atoms with Crippen LogP contribution >= 0.6 is 0 Å². The van der Waals surface area contributed by atoms with Crippen molar-refractivity contribution in [3.8, 4) is 11.5 Å². The summed E-state index contributed by atoms with van der Waals surface area (Å²) in [4.78, 5) is 0. The highest BCUT2D eigenvalue weighted by Gasteiger charge is 2.18. The molecule has 1 aliphatic rings. The number of ether oxygens (including phenoxy) is 2. The van der Waals surface area contributed by atoms with E-state index in [-0.39, 0.29) is 6.04 Å². The van der Waals surface area contributed by atoms with Gasteiger partial charge in [-0.25, -0.2) is 0 Å². The van der Waals surface area contributed by atoms with Gasteiger partial charge in [0.15, 0.2) is 11.5 Å². The average Bonchev–Trinajstić information content (AvgIpc) is 3.02. The molecule has 0 saturated heterocycles. The Morgan fingerprint density at radius 3 is 3.00 bits per heavy atom. The number of rotatable bonds is 4. The molecule has 5 heteroatoms. The smallest absolute Gasteiger partial charge is 0.231 e. The van der Waals surface area contributed by atoms with Crippen molar-refractivity contribution in [3.05, 3.63) is 41.2 Å². The van der Waals surface area contributed by atoms with Crippen LogP contribution in [-0.4, -0.2) is 16.6 Å². The fourth-order valence-corrected chi connectivity index (χ4v) is 2.55. The number of para-hydroxylation sites is 1. The van der Waals surface area contributed by atoms with E-state index in [1.165, 1.54) is 5.56 Å². The molecule has 1 N–H and O–H groups in total. The lowest BCUT2D eigenvalue weighted by atomic mass is 10.1. The first-order chi connectivity index (χ1) is 9.65. The van der Waals surface area contributed by atoms with Crippen molar-refractivity contribution < 1.29 is 9.47 Å². The van der Waals surface area contributed by atoms with E-state index in [2.05, 4.69) is 29.6 Å². The lowest BCUT2D eigenvalue weighted by Crippen LogP contribution is -2.18. The predicted octanol–water partition coefficient (Wildman–Crippen LogP) is 2.31. The zero-order valence-electron chi connectivity index (χ0n) is 12.0. The van der Waals surface area contributed by atoms with Crippen LogP contribution in [0.15, 0.2) is 24.4 Å². The van der Waals surface area contributed by atoms with E-state index in [0.29, 0.717) is 6.79 Å². The van der Waals surface area contributed by atoms with E-state index in [9.17, 15) is 0 Å². The van der Waals surface area contributed by atoms with Gasteiger partial charge in [-0.05, 0) is 19.9 Å². The molecule has 0 bridgehead atoms. The van der Waals surface area contributed by atoms with E-state index in [1.807, 2.05) is 30.8 Å². The molecule has 1 aromatic heterocycles. The second kappa shape index (κ2) is 5.17. The summed E-state index contributed by atoms with van der Waals surface area (Å²) in [5, 5.41) is 7.89. The van der Waals surface area contributed by atoms with Crippen LogP contribution in [0.2, 0.25) is 0 Å². The highest BCUT2D eigenvalue weighted by molar-refractivity contribution is 5.48. The molecule has 0 aliphatic carbocycles. The average molecular weight is 273 g/mol. The third-order valence-electron chi connectivity index (χ3n) is 3.59. The summed E-state index contributed by atoms with van der Waals surface area (Å²) in [5.41, 5.74) is 3.40. The number of fused-ring (bicyclic) bond motifs is 1. The summed E-state index contributed by atoms with van der Waals surface area (Å²) in [6.45, 7) is 5.22. The van der Waals surface area contributed by atoms with Crippen LogP contribution in [0, 0.1) is 6.92 Å². The molecule has 2 heterocycles. The molecule has 0 saturated carbocycles. The van der Waals surface area contributed by atoms with Gasteiger partial charge >= 0.3 is 0 Å². The second-order valence-electron chi connectivity index (χ2n) is 5.10. The normalized spacial score (nSPS) is 14.6. The Morgan fingerprint density at radius 1 is 1.40 bits per heavy atom. The summed E-state index contributed by atoms with van der Waals surface area (Å²) in [7, 11) is 1.94. The molecule has 0 fully saturated rings. The molecule has 0 spiro atoms. The number of aryl methyl sites for hydroxylation is 2. The zero-order valence-corrected chi connectivity index (χ0v) is 12.0. The molecule has 1 atom stereocenters. The van der Waals surface area contributed by atoms with Crippen molar-refractivity contribution in [2.75, 3.05) is 6.79 Å². The van der Waals surface area contributed by atoms with Gasteiger partial charge in [-0.2, -0.15) is 5.10 Å². The van der Waals surface area contributed by atoms with Gasteiger partial charge in [0, 0.05) is 37.0 Å². The van der Waals surface area contributed by atoms with Crippen molar-refractivity contribution in [1.82, 2.24) is 15.1 Å². The van der Waals surface area contributed by atoms with Gasteiger partial charge in [0.2, 0.25) is 6.79 Å². The van der Waals surface area contributed by atoms with Crippen LogP contribution in [0.3, 0.4) is 0 Å². The first-order valence-electron chi connectivity index (χ1n) is 6.76. The lowest BCUT2D eigenvalue weighted by molar-refractivity contribution is 0.173. The van der Waals surface area contributed by atoms with Crippen molar-refractivity contribution >= 4 is 0 Å². The topological polar surface area (TPSA) is 48.3 Å². The number of hydrogen-bond donors (Lipinski definition) is 1. The van der Waals surface area contributed by atoms with Gasteiger partial charge in [0.1, 0.15) is 0 Å². The number of benzene rings is 1. The molecule has 5 nitrogen and oxygen atoms in total. The minimum Gasteiger partial charge on any atom is -0.454 e. The highest BCUT2D eigenvalue weighted by Crippen LogP contribution is 2.35. The van der Waals surface area contributed by atoms with E-state index < -0.39 is 0 Å². The Balaban J connectivity index is 1.71. The maximum Gasteiger partial charge on any atom is 0.231 e. The van der Waals surface area contributed by atoms with Crippen molar-refractivity contribution in [3.63, 3.8) is 0 Å². The third-order valence-corrected chi connectivity index (χ3v) is 3.59. The Morgan fingerprint density at radius 2 is 2.25 bits per heavy atom. The Bertz CT molecular complexity index is 622. The van der Waals surface area contributed by atoms with Crippen LogP contribution in [0.5, 0.6) is 11.5 Å². The maximum atomic E-state index is 5.52. The Hall–Kier alpha value is -2.01. The molecule has 106 valence electrons. The Labute approximate surface area is 118 Å². The van der Waals surface area contributed by atoms with Gasteiger partial charge in [-0.15, -0.1) is 0 Å². The summed E-state index contributed by atoms with van der Waals surface area (Å²) in [5.74, 6) is 1.68. The molecule has 0 radical (unpaired) electrons. The van der Waals surface area contributed by atoms with E-state index in [4.69, 9.17) is 9.47 Å². The molecule has 20 heavy (non-hydrogen) atoms. The van der Waals surface area contributed by atoms with Crippen LogP contribution < -0.4 is 14.8 Å². The van der Waals surface area contributed by atoms with Gasteiger partial charge < -0.3 is 14.8 Å². The quantitative estimate of drug-likeness (QED) is 0.928. The van der Waals surface area contributed by atoms with Gasteiger partial charge in [0.25, 0.3) is 0 Å². The first kappa shape index (κ1) is 13.0. The standard InChI is InChI=1S/C15H19N3O2/c1-10(13-8-18(3)17-11(13)2)16-7-12-5-4-6-14-15(12)20-9-19-14/h4-6,8,10,16H,7,9H2,1-3H3/t10-/m1/s1. The molecule has 1 aliphatic heterocycles. The summed E-state index contributed by atoms with van der Waals surface area (Å²) >= 11 is 0. The van der Waals surface area contributed by atoms with E-state index >= 15 is 0 Å². The van der Waals surface area contributed by atoms with Crippen molar-refractivity contribution in [2.45, 2.75) is 26.4 Å². The van der Waals surface area contributed by atoms with Gasteiger partial charge in [0.05, 0.1) is 5.69 Å². The third kappa shape index (κ3) is 2.36. The largest absolute Gasteiger partial charge is 0.454 e. The summed E-state index contributed by atoms with van der Waals surface area (Å²) in [6, 6.07) is 6.22. The first-order valence-corrected chi connectivity index (χ1v) is 6.76. The SMILES string of the molecule is Cc1nn(C)cc1[C@@H](C)NCc1cccc2c1OCO2. The monoisotopic (exact) mass is 273 g/mol. The molecule has 0 unspecified atom stereocenters. The lowest BCUT2D eigenvalue weighted by Gasteiger charge is -2.14. The number of nitrogens with one attached hydrogen (secondary N) is 1. The summed E-state index contributed by atoms with van der Waals surface area (Å²) in [6.07, 6.45) is 2.06. The molecular weight excluding hydrogens is 254 g/mol. The molecule has 1 aromatic carbocycles. The second-order valence-corrected chi connectivity index (χ2v) is 5.10. The van der Waals surface area contributed by atoms with Crippen LogP contribution in [0.4, 0.5) is 0 Å². The molecule has 3 rings (SSSR count). The van der Waals surface area contributed by atoms with Crippen molar-refractivity contribution in [1.29, 1.82) is 0 Å². The Kier molecular flexibility index (Phi) is 3.36. The highest BCUT2D eigenvalue weighted by atomic mass is 16.7. The zero-order chi connectivity index (χ0) is 14.1. The minimum absolute atomic E-state index is 0.238. The fourth-order valence-electron chi connectivity index (χ4n) is 2.55. The summed E-state index contributed by atoms with van der Waals surface area (Å²) < 4.78 is 12.8.